The molecule has 4 rings (SSSR count). The summed E-state index contributed by atoms with van der Waals surface area (Å²) in [4.78, 5) is 37.1. The number of carbonyl (C=O) groups excluding carboxylic acids is 1. The van der Waals surface area contributed by atoms with Gasteiger partial charge in [-0.05, 0) is 38.5 Å². The van der Waals surface area contributed by atoms with Crippen LogP contribution in [0.3, 0.4) is 0 Å². The number of nitrogens with one attached hydrogen (secondary N) is 1. The van der Waals surface area contributed by atoms with Crippen LogP contribution in [-0.4, -0.2) is 45.3 Å². The lowest BCUT2D eigenvalue weighted by Crippen LogP contribution is -2.34. The van der Waals surface area contributed by atoms with Crippen LogP contribution in [-0.2, 0) is 11.3 Å². The Hall–Kier alpha value is -1.61. The number of hydrogen-bond donors (Lipinski definition) is 1. The summed E-state index contributed by atoms with van der Waals surface area (Å²) in [5, 5.41) is 4.60. The summed E-state index contributed by atoms with van der Waals surface area (Å²) in [5.41, 5.74) is 0.489. The highest BCUT2D eigenvalue weighted by Crippen LogP contribution is 2.29. The Balaban J connectivity index is 1.55. The summed E-state index contributed by atoms with van der Waals surface area (Å²) >= 11 is 2.80. The van der Waals surface area contributed by atoms with Crippen molar-refractivity contribution in [1.29, 1.82) is 0 Å². The Labute approximate surface area is 179 Å². The standard InChI is InChI=1S/C20H29N5O2S2/c1-2-10-25-18(27)16-17(22-19(29-16)24-11-6-3-7-12-24)23-20(25)28-13-15(26)21-14-8-4-5-9-14/h14H,2-13H2,1H3,(H,21,26). The van der Waals surface area contributed by atoms with Gasteiger partial charge >= 0.3 is 0 Å². The van der Waals surface area contributed by atoms with Crippen LogP contribution in [0.2, 0.25) is 0 Å². The van der Waals surface area contributed by atoms with Crippen LogP contribution < -0.4 is 15.8 Å². The minimum atomic E-state index is -0.0312. The number of rotatable bonds is 7. The second-order valence-electron chi connectivity index (χ2n) is 7.89. The molecule has 158 valence electrons. The predicted molar refractivity (Wildman–Crippen MR) is 119 cm³/mol. The molecule has 1 saturated carbocycles. The zero-order valence-electron chi connectivity index (χ0n) is 17.0. The highest BCUT2D eigenvalue weighted by atomic mass is 32.2. The third-order valence-electron chi connectivity index (χ3n) is 5.60. The van der Waals surface area contributed by atoms with Gasteiger partial charge in [-0.25, -0.2) is 4.98 Å². The van der Waals surface area contributed by atoms with Crippen LogP contribution in [0.4, 0.5) is 5.13 Å². The summed E-state index contributed by atoms with van der Waals surface area (Å²) in [6.07, 6.45) is 8.95. The first-order valence-electron chi connectivity index (χ1n) is 10.7. The van der Waals surface area contributed by atoms with Gasteiger partial charge in [0.2, 0.25) is 5.91 Å². The van der Waals surface area contributed by atoms with Crippen molar-refractivity contribution < 1.29 is 4.79 Å². The van der Waals surface area contributed by atoms with Crippen LogP contribution >= 0.6 is 23.1 Å². The molecule has 9 heteroatoms. The first kappa shape index (κ1) is 20.7. The summed E-state index contributed by atoms with van der Waals surface area (Å²) in [6.45, 7) is 4.63. The minimum absolute atomic E-state index is 0.0200. The molecule has 2 aromatic heterocycles. The van der Waals surface area contributed by atoms with Crippen molar-refractivity contribution in [2.24, 2.45) is 0 Å². The summed E-state index contributed by atoms with van der Waals surface area (Å²) in [5.74, 6) is 0.299. The van der Waals surface area contributed by atoms with Gasteiger partial charge in [-0.2, -0.15) is 4.98 Å². The number of thiazole rings is 1. The van der Waals surface area contributed by atoms with Crippen molar-refractivity contribution >= 4 is 44.5 Å². The fourth-order valence-electron chi connectivity index (χ4n) is 4.10. The zero-order valence-corrected chi connectivity index (χ0v) is 18.6. The largest absolute Gasteiger partial charge is 0.353 e. The Bertz CT molecular complexity index is 913. The molecule has 1 amide bonds. The van der Waals surface area contributed by atoms with Crippen molar-refractivity contribution in [1.82, 2.24) is 19.9 Å². The highest BCUT2D eigenvalue weighted by Gasteiger charge is 2.21. The van der Waals surface area contributed by atoms with E-state index in [1.807, 2.05) is 6.92 Å². The van der Waals surface area contributed by atoms with Gasteiger partial charge in [0.15, 0.2) is 15.9 Å². The first-order valence-corrected chi connectivity index (χ1v) is 12.5. The summed E-state index contributed by atoms with van der Waals surface area (Å²) in [7, 11) is 0. The molecule has 1 saturated heterocycles. The zero-order chi connectivity index (χ0) is 20.2. The Morgan fingerprint density at radius 2 is 1.93 bits per heavy atom. The molecular formula is C20H29N5O2S2. The molecule has 2 fully saturated rings. The average molecular weight is 436 g/mol. The van der Waals surface area contributed by atoms with Gasteiger partial charge < -0.3 is 10.2 Å². The van der Waals surface area contributed by atoms with Gasteiger partial charge in [0.25, 0.3) is 5.56 Å². The number of piperidine rings is 1. The fourth-order valence-corrected chi connectivity index (χ4v) is 5.93. The maximum Gasteiger partial charge on any atom is 0.273 e. The number of amides is 1. The molecule has 1 N–H and O–H groups in total. The second-order valence-corrected chi connectivity index (χ2v) is 9.81. The maximum atomic E-state index is 13.1. The van der Waals surface area contributed by atoms with Crippen LogP contribution in [0.25, 0.3) is 10.3 Å². The van der Waals surface area contributed by atoms with E-state index in [9.17, 15) is 9.59 Å². The lowest BCUT2D eigenvalue weighted by Gasteiger charge is -2.25. The third kappa shape index (κ3) is 4.77. The van der Waals surface area contributed by atoms with Crippen molar-refractivity contribution in [3.05, 3.63) is 10.4 Å². The lowest BCUT2D eigenvalue weighted by atomic mass is 10.1. The van der Waals surface area contributed by atoms with E-state index in [0.29, 0.717) is 28.1 Å². The monoisotopic (exact) mass is 435 g/mol. The molecule has 0 unspecified atom stereocenters. The van der Waals surface area contributed by atoms with Gasteiger partial charge in [-0.1, -0.05) is 42.9 Å². The molecule has 0 radical (unpaired) electrons. The van der Waals surface area contributed by atoms with Crippen molar-refractivity contribution in [2.45, 2.75) is 76.0 Å². The van der Waals surface area contributed by atoms with Crippen LogP contribution in [0.5, 0.6) is 0 Å². The Morgan fingerprint density at radius 1 is 1.17 bits per heavy atom. The smallest absolute Gasteiger partial charge is 0.273 e. The minimum Gasteiger partial charge on any atom is -0.353 e. The SMILES string of the molecule is CCCn1c(SCC(=O)NC2CCCC2)nc2nc(N3CCCCC3)sc2c1=O. The third-order valence-corrected chi connectivity index (χ3v) is 7.67. The molecule has 1 aliphatic carbocycles. The number of aromatic nitrogens is 3. The number of anilines is 1. The van der Waals surface area contributed by atoms with E-state index < -0.39 is 0 Å². The van der Waals surface area contributed by atoms with E-state index in [-0.39, 0.29) is 17.2 Å². The van der Waals surface area contributed by atoms with E-state index in [1.54, 1.807) is 4.57 Å². The second kappa shape index (κ2) is 9.47. The van der Waals surface area contributed by atoms with E-state index in [2.05, 4.69) is 15.2 Å². The normalized spacial score (nSPS) is 17.9. The quantitative estimate of drug-likeness (QED) is 0.530. The van der Waals surface area contributed by atoms with Gasteiger partial charge in [-0.15, -0.1) is 0 Å². The number of carbonyl (C=O) groups is 1. The molecule has 2 aromatic rings. The Morgan fingerprint density at radius 3 is 2.66 bits per heavy atom. The molecule has 2 aliphatic rings. The van der Waals surface area contributed by atoms with Gasteiger partial charge in [0, 0.05) is 25.7 Å². The fraction of sp³-hybridized carbons (Fsp3) is 0.700. The molecule has 7 nitrogen and oxygen atoms in total. The van der Waals surface area contributed by atoms with Crippen LogP contribution in [0.1, 0.15) is 58.3 Å². The van der Waals surface area contributed by atoms with Crippen LogP contribution in [0, 0.1) is 0 Å². The van der Waals surface area contributed by atoms with Gasteiger partial charge in [0.05, 0.1) is 5.75 Å². The van der Waals surface area contributed by atoms with E-state index in [4.69, 9.17) is 4.98 Å². The van der Waals surface area contributed by atoms with Gasteiger partial charge in [-0.3, -0.25) is 14.2 Å². The van der Waals surface area contributed by atoms with E-state index >= 15 is 0 Å². The molecule has 0 atom stereocenters. The number of hydrogen-bond acceptors (Lipinski definition) is 7. The molecular weight excluding hydrogens is 406 g/mol. The number of nitrogens with zero attached hydrogens (tertiary/aromatic N) is 4. The first-order chi connectivity index (χ1) is 14.2. The average Bonchev–Trinajstić information content (AvgIpc) is 3.39. The number of fused-ring (bicyclic) bond motifs is 1. The maximum absolute atomic E-state index is 13.1. The topological polar surface area (TPSA) is 80.1 Å². The van der Waals surface area contributed by atoms with Crippen molar-refractivity contribution in [2.75, 3.05) is 23.7 Å². The van der Waals surface area contributed by atoms with Gasteiger partial charge in [0.1, 0.15) is 4.70 Å². The molecule has 0 aromatic carbocycles. The van der Waals surface area contributed by atoms with Crippen molar-refractivity contribution in [3.8, 4) is 0 Å². The molecule has 0 bridgehead atoms. The van der Waals surface area contributed by atoms with E-state index in [1.165, 1.54) is 55.2 Å². The summed E-state index contributed by atoms with van der Waals surface area (Å²) < 4.78 is 2.34. The van der Waals surface area contributed by atoms with E-state index in [0.717, 1.165) is 37.5 Å². The lowest BCUT2D eigenvalue weighted by molar-refractivity contribution is -0.119. The predicted octanol–water partition coefficient (Wildman–Crippen LogP) is 3.40. The molecule has 3 heterocycles. The van der Waals surface area contributed by atoms with Crippen LogP contribution in [0.15, 0.2) is 9.95 Å². The van der Waals surface area contributed by atoms with Crippen molar-refractivity contribution in [3.63, 3.8) is 0 Å². The Kier molecular flexibility index (Phi) is 6.74. The number of thioether (sulfide) groups is 1. The molecule has 29 heavy (non-hydrogen) atoms. The summed E-state index contributed by atoms with van der Waals surface area (Å²) in [6, 6.07) is 0.307. The molecule has 1 aliphatic heterocycles. The highest BCUT2D eigenvalue weighted by molar-refractivity contribution is 7.99. The molecule has 0 spiro atoms.